The van der Waals surface area contributed by atoms with E-state index in [0.717, 1.165) is 0 Å². The molecule has 0 unspecified atom stereocenters. The van der Waals surface area contributed by atoms with Crippen LogP contribution in [0.15, 0.2) is 72.9 Å². The van der Waals surface area contributed by atoms with Crippen LogP contribution in [-0.4, -0.2) is 24.0 Å². The van der Waals surface area contributed by atoms with E-state index in [1.807, 2.05) is 12.1 Å². The van der Waals surface area contributed by atoms with Crippen molar-refractivity contribution in [1.29, 1.82) is 0 Å². The van der Waals surface area contributed by atoms with E-state index in [1.54, 1.807) is 36.5 Å². The number of anilines is 1. The highest BCUT2D eigenvalue weighted by molar-refractivity contribution is 6.06. The molecule has 27 heavy (non-hydrogen) atoms. The number of halogens is 1. The predicted octanol–water partition coefficient (Wildman–Crippen LogP) is 3.85. The van der Waals surface area contributed by atoms with E-state index in [9.17, 15) is 14.0 Å². The molecule has 0 spiro atoms. The fraction of sp³-hybridized carbons (Fsp3) is 0.0952. The quantitative estimate of drug-likeness (QED) is 0.645. The number of aromatic nitrogens is 1. The maximum absolute atomic E-state index is 13.3. The lowest BCUT2D eigenvalue weighted by Gasteiger charge is -2.23. The van der Waals surface area contributed by atoms with Gasteiger partial charge in [0.2, 0.25) is 0 Å². The van der Waals surface area contributed by atoms with Crippen molar-refractivity contribution in [3.63, 3.8) is 0 Å². The standard InChI is InChI=1S/C21H17FN2O3/c1-27-21(26)16-7-5-15(6-8-16)20(25)24(14-18-4-2-3-13-23-18)19-11-9-17(22)10-12-19/h2-13H,14H2,1H3. The van der Waals surface area contributed by atoms with Crippen LogP contribution in [0, 0.1) is 5.82 Å². The Morgan fingerprint density at radius 3 is 2.22 bits per heavy atom. The first-order valence-corrected chi connectivity index (χ1v) is 8.24. The van der Waals surface area contributed by atoms with Gasteiger partial charge in [0.1, 0.15) is 5.82 Å². The summed E-state index contributed by atoms with van der Waals surface area (Å²) in [5, 5.41) is 0. The smallest absolute Gasteiger partial charge is 0.337 e. The fourth-order valence-corrected chi connectivity index (χ4v) is 2.58. The summed E-state index contributed by atoms with van der Waals surface area (Å²) in [6, 6.07) is 17.3. The largest absolute Gasteiger partial charge is 0.465 e. The number of carbonyl (C=O) groups excluding carboxylic acids is 2. The van der Waals surface area contributed by atoms with Crippen molar-refractivity contribution < 1.29 is 18.7 Å². The lowest BCUT2D eigenvalue weighted by atomic mass is 10.1. The third kappa shape index (κ3) is 4.36. The van der Waals surface area contributed by atoms with Gasteiger partial charge >= 0.3 is 5.97 Å². The molecule has 0 N–H and O–H groups in total. The van der Waals surface area contributed by atoms with Gasteiger partial charge in [0.05, 0.1) is 24.9 Å². The first-order valence-electron chi connectivity index (χ1n) is 8.24. The maximum atomic E-state index is 13.3. The molecule has 0 atom stereocenters. The Morgan fingerprint density at radius 2 is 1.63 bits per heavy atom. The molecule has 3 rings (SSSR count). The average molecular weight is 364 g/mol. The third-order valence-electron chi connectivity index (χ3n) is 3.98. The number of pyridine rings is 1. The van der Waals surface area contributed by atoms with Crippen LogP contribution in [0.25, 0.3) is 0 Å². The van der Waals surface area contributed by atoms with Crippen molar-refractivity contribution in [2.24, 2.45) is 0 Å². The highest BCUT2D eigenvalue weighted by Crippen LogP contribution is 2.20. The molecule has 0 aliphatic rings. The molecular formula is C21H17FN2O3. The zero-order valence-electron chi connectivity index (χ0n) is 14.6. The van der Waals surface area contributed by atoms with Crippen LogP contribution < -0.4 is 4.90 Å². The van der Waals surface area contributed by atoms with Crippen molar-refractivity contribution in [1.82, 2.24) is 4.98 Å². The number of ether oxygens (including phenoxy) is 1. The Balaban J connectivity index is 1.92. The summed E-state index contributed by atoms with van der Waals surface area (Å²) < 4.78 is 18.0. The molecule has 1 amide bonds. The minimum absolute atomic E-state index is 0.226. The first-order chi connectivity index (χ1) is 13.1. The zero-order valence-corrected chi connectivity index (χ0v) is 14.6. The lowest BCUT2D eigenvalue weighted by Crippen LogP contribution is -2.30. The average Bonchev–Trinajstić information content (AvgIpc) is 2.72. The number of methoxy groups -OCH3 is 1. The van der Waals surface area contributed by atoms with Gasteiger partial charge in [0.25, 0.3) is 5.91 Å². The summed E-state index contributed by atoms with van der Waals surface area (Å²) >= 11 is 0. The van der Waals surface area contributed by atoms with E-state index in [4.69, 9.17) is 0 Å². The summed E-state index contributed by atoms with van der Waals surface area (Å²) in [6.07, 6.45) is 1.65. The van der Waals surface area contributed by atoms with Gasteiger partial charge in [0.15, 0.2) is 0 Å². The minimum atomic E-state index is -0.474. The summed E-state index contributed by atoms with van der Waals surface area (Å²) in [5.74, 6) is -1.15. The molecule has 0 radical (unpaired) electrons. The topological polar surface area (TPSA) is 59.5 Å². The number of amides is 1. The molecule has 1 heterocycles. The first kappa shape index (κ1) is 18.3. The number of hydrogen-bond donors (Lipinski definition) is 0. The van der Waals surface area contributed by atoms with Crippen LogP contribution in [0.1, 0.15) is 26.4 Å². The van der Waals surface area contributed by atoms with Crippen LogP contribution in [-0.2, 0) is 11.3 Å². The van der Waals surface area contributed by atoms with E-state index in [0.29, 0.717) is 22.5 Å². The molecule has 0 aliphatic heterocycles. The molecule has 3 aromatic rings. The summed E-state index contributed by atoms with van der Waals surface area (Å²) in [7, 11) is 1.30. The lowest BCUT2D eigenvalue weighted by molar-refractivity contribution is 0.0600. The van der Waals surface area contributed by atoms with Gasteiger partial charge in [-0.1, -0.05) is 6.07 Å². The van der Waals surface area contributed by atoms with Gasteiger partial charge in [-0.2, -0.15) is 0 Å². The van der Waals surface area contributed by atoms with Gasteiger partial charge in [-0.15, -0.1) is 0 Å². The summed E-state index contributed by atoms with van der Waals surface area (Å²) in [6.45, 7) is 0.226. The second-order valence-corrected chi connectivity index (χ2v) is 5.76. The molecule has 0 fully saturated rings. The second kappa shape index (κ2) is 8.23. The molecule has 1 aromatic heterocycles. The van der Waals surface area contributed by atoms with Crippen LogP contribution in [0.3, 0.4) is 0 Å². The van der Waals surface area contributed by atoms with E-state index < -0.39 is 5.97 Å². The maximum Gasteiger partial charge on any atom is 0.337 e. The Hall–Kier alpha value is -3.54. The minimum Gasteiger partial charge on any atom is -0.465 e. The Morgan fingerprint density at radius 1 is 0.963 bits per heavy atom. The van der Waals surface area contributed by atoms with Crippen LogP contribution in [0.4, 0.5) is 10.1 Å². The van der Waals surface area contributed by atoms with Crippen molar-refractivity contribution in [2.75, 3.05) is 12.0 Å². The molecular weight excluding hydrogens is 347 g/mol. The van der Waals surface area contributed by atoms with Gasteiger partial charge in [-0.05, 0) is 60.7 Å². The molecule has 0 aliphatic carbocycles. The van der Waals surface area contributed by atoms with E-state index in [1.165, 1.54) is 36.3 Å². The molecule has 6 heteroatoms. The normalized spacial score (nSPS) is 10.3. The van der Waals surface area contributed by atoms with Crippen molar-refractivity contribution in [3.8, 4) is 0 Å². The Labute approximate surface area is 156 Å². The molecule has 136 valence electrons. The number of rotatable bonds is 5. The SMILES string of the molecule is COC(=O)c1ccc(C(=O)N(Cc2ccccn2)c2ccc(F)cc2)cc1. The highest BCUT2D eigenvalue weighted by Gasteiger charge is 2.19. The van der Waals surface area contributed by atoms with Gasteiger partial charge in [-0.25, -0.2) is 9.18 Å². The number of carbonyl (C=O) groups is 2. The van der Waals surface area contributed by atoms with Crippen molar-refractivity contribution >= 4 is 17.6 Å². The van der Waals surface area contributed by atoms with E-state index in [-0.39, 0.29) is 18.3 Å². The number of hydrogen-bond acceptors (Lipinski definition) is 4. The highest BCUT2D eigenvalue weighted by atomic mass is 19.1. The van der Waals surface area contributed by atoms with Crippen LogP contribution in [0.5, 0.6) is 0 Å². The Kier molecular flexibility index (Phi) is 5.56. The number of benzene rings is 2. The van der Waals surface area contributed by atoms with Crippen LogP contribution >= 0.6 is 0 Å². The molecule has 0 saturated heterocycles. The number of nitrogens with zero attached hydrogens (tertiary/aromatic N) is 2. The van der Waals surface area contributed by atoms with Gasteiger partial charge in [0, 0.05) is 17.4 Å². The molecule has 0 saturated carbocycles. The fourth-order valence-electron chi connectivity index (χ4n) is 2.58. The van der Waals surface area contributed by atoms with Gasteiger partial charge in [-0.3, -0.25) is 9.78 Å². The molecule has 0 bridgehead atoms. The van der Waals surface area contributed by atoms with Crippen molar-refractivity contribution in [2.45, 2.75) is 6.54 Å². The molecule has 2 aromatic carbocycles. The van der Waals surface area contributed by atoms with Crippen LogP contribution in [0.2, 0.25) is 0 Å². The Bertz CT molecular complexity index is 926. The monoisotopic (exact) mass is 364 g/mol. The van der Waals surface area contributed by atoms with Gasteiger partial charge < -0.3 is 9.64 Å². The number of esters is 1. The predicted molar refractivity (Wildman–Crippen MR) is 98.9 cm³/mol. The zero-order chi connectivity index (χ0) is 19.2. The summed E-state index contributed by atoms with van der Waals surface area (Å²) in [4.78, 5) is 30.4. The van der Waals surface area contributed by atoms with E-state index in [2.05, 4.69) is 9.72 Å². The molecule has 5 nitrogen and oxygen atoms in total. The van der Waals surface area contributed by atoms with Crippen molar-refractivity contribution in [3.05, 3.63) is 95.6 Å². The third-order valence-corrected chi connectivity index (χ3v) is 3.98. The van der Waals surface area contributed by atoms with E-state index >= 15 is 0 Å². The summed E-state index contributed by atoms with van der Waals surface area (Å²) in [5.41, 5.74) is 1.99. The second-order valence-electron chi connectivity index (χ2n) is 5.76.